The fourth-order valence-corrected chi connectivity index (χ4v) is 6.83. The minimum absolute atomic E-state index is 0.0347. The minimum Gasteiger partial charge on any atom is -0.495 e. The Labute approximate surface area is 272 Å². The van der Waals surface area contributed by atoms with E-state index in [9.17, 15) is 18.0 Å². The van der Waals surface area contributed by atoms with Gasteiger partial charge in [-0.05, 0) is 48.0 Å². The van der Waals surface area contributed by atoms with Crippen molar-refractivity contribution in [2.45, 2.75) is 23.9 Å². The maximum absolute atomic E-state index is 14.4. The quantitative estimate of drug-likeness (QED) is 0.192. The summed E-state index contributed by atoms with van der Waals surface area (Å²) in [6.45, 7) is -0.824. The molecule has 0 spiro atoms. The highest BCUT2D eigenvalue weighted by atomic mass is 35.5. The molecule has 230 valence electrons. The van der Waals surface area contributed by atoms with Crippen LogP contribution in [0, 0.1) is 0 Å². The van der Waals surface area contributed by atoms with Crippen molar-refractivity contribution in [1.29, 1.82) is 0 Å². The number of likely N-dealkylation sites (N-methyl/N-ethyl adjacent to an activating group) is 1. The fourth-order valence-electron chi connectivity index (χ4n) is 4.63. The van der Waals surface area contributed by atoms with E-state index < -0.39 is 34.4 Å². The van der Waals surface area contributed by atoms with Crippen LogP contribution < -0.4 is 14.4 Å². The zero-order valence-electron chi connectivity index (χ0n) is 23.9. The van der Waals surface area contributed by atoms with Crippen molar-refractivity contribution in [3.63, 3.8) is 0 Å². The third kappa shape index (κ3) is 7.65. The van der Waals surface area contributed by atoms with Gasteiger partial charge in [0.15, 0.2) is 0 Å². The van der Waals surface area contributed by atoms with Crippen molar-refractivity contribution >= 4 is 62.3 Å². The first-order chi connectivity index (χ1) is 21.1. The summed E-state index contributed by atoms with van der Waals surface area (Å²) in [5, 5.41) is 3.37. The van der Waals surface area contributed by atoms with Crippen molar-refractivity contribution in [2.75, 3.05) is 25.0 Å². The lowest BCUT2D eigenvalue weighted by atomic mass is 10.0. The summed E-state index contributed by atoms with van der Waals surface area (Å²) in [6.07, 6.45) is 0.147. The summed E-state index contributed by atoms with van der Waals surface area (Å²) in [5.41, 5.74) is 1.33. The summed E-state index contributed by atoms with van der Waals surface area (Å²) in [7, 11) is -1.38. The number of sulfonamides is 1. The lowest BCUT2D eigenvalue weighted by Crippen LogP contribution is -2.53. The van der Waals surface area contributed by atoms with Crippen LogP contribution in [-0.2, 0) is 32.6 Å². The van der Waals surface area contributed by atoms with E-state index in [0.717, 1.165) is 9.87 Å². The molecule has 0 bridgehead atoms. The molecule has 44 heavy (non-hydrogen) atoms. The number of rotatable bonds is 12. The number of nitrogens with one attached hydrogen (secondary N) is 1. The van der Waals surface area contributed by atoms with Crippen molar-refractivity contribution in [1.82, 2.24) is 10.2 Å². The van der Waals surface area contributed by atoms with E-state index in [1.165, 1.54) is 49.4 Å². The molecule has 4 rings (SSSR count). The van der Waals surface area contributed by atoms with Gasteiger partial charge >= 0.3 is 0 Å². The lowest BCUT2D eigenvalue weighted by Gasteiger charge is -2.34. The molecule has 8 nitrogen and oxygen atoms in total. The molecule has 0 aliphatic heterocycles. The van der Waals surface area contributed by atoms with Gasteiger partial charge in [-0.1, -0.05) is 89.4 Å². The van der Waals surface area contributed by atoms with E-state index in [0.29, 0.717) is 21.4 Å². The van der Waals surface area contributed by atoms with E-state index in [1.54, 1.807) is 36.4 Å². The number of nitrogens with zero attached hydrogens (tertiary/aromatic N) is 2. The van der Waals surface area contributed by atoms with Gasteiger partial charge < -0.3 is 15.0 Å². The number of carbonyl (C=O) groups is 2. The number of halogens is 3. The second-order valence-electron chi connectivity index (χ2n) is 9.69. The number of methoxy groups -OCH3 is 1. The predicted molar refractivity (Wildman–Crippen MR) is 174 cm³/mol. The van der Waals surface area contributed by atoms with Crippen LogP contribution >= 0.6 is 34.8 Å². The topological polar surface area (TPSA) is 96.0 Å². The Morgan fingerprint density at radius 1 is 0.841 bits per heavy atom. The fraction of sp³-hybridized carbons (Fsp3) is 0.188. The summed E-state index contributed by atoms with van der Waals surface area (Å²) < 4.78 is 34.3. The number of carbonyl (C=O) groups excluding carboxylic acids is 2. The number of hydrogen-bond donors (Lipinski definition) is 1. The van der Waals surface area contributed by atoms with Crippen LogP contribution in [0.25, 0.3) is 0 Å². The molecule has 0 saturated heterocycles. The molecule has 0 aromatic heterocycles. The van der Waals surface area contributed by atoms with E-state index in [1.807, 2.05) is 30.3 Å². The maximum atomic E-state index is 14.4. The van der Waals surface area contributed by atoms with Crippen LogP contribution in [0.4, 0.5) is 5.69 Å². The zero-order valence-corrected chi connectivity index (χ0v) is 27.0. The molecule has 0 aliphatic carbocycles. The normalized spacial score (nSPS) is 11.8. The zero-order chi connectivity index (χ0) is 31.9. The number of amides is 2. The van der Waals surface area contributed by atoms with Crippen LogP contribution in [0.15, 0.2) is 102 Å². The molecule has 0 fully saturated rings. The van der Waals surface area contributed by atoms with Gasteiger partial charge in [0.1, 0.15) is 18.3 Å². The van der Waals surface area contributed by atoms with E-state index in [4.69, 9.17) is 39.5 Å². The molecule has 0 unspecified atom stereocenters. The van der Waals surface area contributed by atoms with Crippen molar-refractivity contribution in [2.24, 2.45) is 0 Å². The highest BCUT2D eigenvalue weighted by Gasteiger charge is 2.35. The van der Waals surface area contributed by atoms with E-state index >= 15 is 0 Å². The average Bonchev–Trinajstić information content (AvgIpc) is 3.03. The SMILES string of the molecule is CNC(=O)[C@H](Cc1ccccc1)N(Cc1c(Cl)cccc1Cl)C(=O)CN(c1ccc(OC)c(Cl)c1)S(=O)(=O)c1ccccc1. The molecule has 12 heteroatoms. The molecule has 0 radical (unpaired) electrons. The monoisotopic (exact) mass is 673 g/mol. The Balaban J connectivity index is 1.83. The minimum atomic E-state index is -4.28. The third-order valence-electron chi connectivity index (χ3n) is 6.94. The highest BCUT2D eigenvalue weighted by Crippen LogP contribution is 2.33. The predicted octanol–water partition coefficient (Wildman–Crippen LogP) is 6.24. The van der Waals surface area contributed by atoms with Crippen LogP contribution in [0.1, 0.15) is 11.1 Å². The molecule has 0 heterocycles. The molecule has 0 saturated carbocycles. The Hall–Kier alpha value is -3.76. The van der Waals surface area contributed by atoms with Gasteiger partial charge in [0.25, 0.3) is 10.0 Å². The third-order valence-corrected chi connectivity index (χ3v) is 9.73. The Morgan fingerprint density at radius 2 is 1.45 bits per heavy atom. The van der Waals surface area contributed by atoms with Crippen molar-refractivity contribution in [3.05, 3.63) is 123 Å². The Bertz CT molecular complexity index is 1700. The Morgan fingerprint density at radius 3 is 2.02 bits per heavy atom. The molecule has 0 aliphatic rings. The highest BCUT2D eigenvalue weighted by molar-refractivity contribution is 7.92. The number of anilines is 1. The summed E-state index contributed by atoms with van der Waals surface area (Å²) in [5.74, 6) is -0.788. The average molecular weight is 675 g/mol. The molecule has 1 N–H and O–H groups in total. The molecular formula is C32H30Cl3N3O5S. The second-order valence-corrected chi connectivity index (χ2v) is 12.8. The van der Waals surface area contributed by atoms with Gasteiger partial charge in [0.2, 0.25) is 11.8 Å². The number of hydrogen-bond acceptors (Lipinski definition) is 5. The summed E-state index contributed by atoms with van der Waals surface area (Å²) in [6, 6.07) is 25.2. The van der Waals surface area contributed by atoms with Crippen LogP contribution in [0.5, 0.6) is 5.75 Å². The van der Waals surface area contributed by atoms with Crippen LogP contribution in [0.3, 0.4) is 0 Å². The van der Waals surface area contributed by atoms with Gasteiger partial charge in [-0.3, -0.25) is 13.9 Å². The molecule has 1 atom stereocenters. The first-order valence-corrected chi connectivity index (χ1v) is 16.0. The standard InChI is InChI=1S/C32H30Cl3N3O5S/c1-36-32(40)29(18-22-10-5-3-6-11-22)37(20-25-26(33)14-9-15-27(25)34)31(39)21-38(23-16-17-30(43-2)28(35)19-23)44(41,42)24-12-7-4-8-13-24/h3-17,19,29H,18,20-21H2,1-2H3,(H,36,40)/t29-/m0/s1. The number of benzene rings is 4. The summed E-state index contributed by atoms with van der Waals surface area (Å²) in [4.78, 5) is 29.0. The van der Waals surface area contributed by atoms with Crippen molar-refractivity contribution < 1.29 is 22.7 Å². The molecular weight excluding hydrogens is 645 g/mol. The first-order valence-electron chi connectivity index (χ1n) is 13.5. The summed E-state index contributed by atoms with van der Waals surface area (Å²) >= 11 is 19.4. The van der Waals surface area contributed by atoms with Gasteiger partial charge in [-0.15, -0.1) is 0 Å². The van der Waals surface area contributed by atoms with Crippen molar-refractivity contribution in [3.8, 4) is 5.75 Å². The van der Waals surface area contributed by atoms with Crippen LogP contribution in [0.2, 0.25) is 15.1 Å². The van der Waals surface area contributed by atoms with E-state index in [2.05, 4.69) is 5.32 Å². The van der Waals surface area contributed by atoms with Crippen LogP contribution in [-0.4, -0.2) is 51.9 Å². The molecule has 2 amide bonds. The molecule has 4 aromatic carbocycles. The second kappa shape index (κ2) is 14.8. The van der Waals surface area contributed by atoms with E-state index in [-0.39, 0.29) is 28.6 Å². The Kier molecular flexibility index (Phi) is 11.2. The smallest absolute Gasteiger partial charge is 0.264 e. The van der Waals surface area contributed by atoms with Gasteiger partial charge in [0.05, 0.1) is 22.7 Å². The first kappa shape index (κ1) is 33.1. The maximum Gasteiger partial charge on any atom is 0.264 e. The molecule has 4 aromatic rings. The largest absolute Gasteiger partial charge is 0.495 e. The van der Waals surface area contributed by atoms with Gasteiger partial charge in [-0.25, -0.2) is 8.42 Å². The van der Waals surface area contributed by atoms with Gasteiger partial charge in [0, 0.05) is 35.6 Å². The lowest BCUT2D eigenvalue weighted by molar-refractivity contribution is -0.139. The number of ether oxygens (including phenoxy) is 1. The van der Waals surface area contributed by atoms with Gasteiger partial charge in [-0.2, -0.15) is 0 Å².